The normalized spacial score (nSPS) is 10.6. The van der Waals surface area contributed by atoms with Crippen molar-refractivity contribution in [2.24, 2.45) is 5.10 Å². The van der Waals surface area contributed by atoms with Crippen molar-refractivity contribution < 1.29 is 14.3 Å². The number of hydrogen-bond acceptors (Lipinski definition) is 5. The van der Waals surface area contributed by atoms with Gasteiger partial charge in [0.15, 0.2) is 11.5 Å². The molecule has 0 saturated carbocycles. The van der Waals surface area contributed by atoms with Crippen LogP contribution in [0.15, 0.2) is 70.2 Å². The molecule has 0 heterocycles. The van der Waals surface area contributed by atoms with Crippen molar-refractivity contribution in [2.75, 3.05) is 6.61 Å². The van der Waals surface area contributed by atoms with Gasteiger partial charge in [-0.25, -0.2) is 5.43 Å². The van der Waals surface area contributed by atoms with Crippen LogP contribution in [0, 0.1) is 11.3 Å². The molecule has 0 aliphatic heterocycles. The Hall–Kier alpha value is -3.34. The molecule has 3 rings (SSSR count). The van der Waals surface area contributed by atoms with Gasteiger partial charge in [-0.3, -0.25) is 4.79 Å². The number of hydrogen-bond donors (Lipinski definition) is 1. The van der Waals surface area contributed by atoms with Crippen LogP contribution in [0.5, 0.6) is 11.5 Å². The molecule has 6 nitrogen and oxygen atoms in total. The first-order valence-corrected chi connectivity index (χ1v) is 10.8. The van der Waals surface area contributed by atoms with Crippen molar-refractivity contribution in [1.29, 1.82) is 5.26 Å². The van der Waals surface area contributed by atoms with Crippen LogP contribution in [0.3, 0.4) is 0 Å². The Labute approximate surface area is 199 Å². The Balaban J connectivity index is 1.74. The molecule has 162 valence electrons. The third-order valence-electron chi connectivity index (χ3n) is 4.36. The summed E-state index contributed by atoms with van der Waals surface area (Å²) in [5.74, 6) is 0.694. The van der Waals surface area contributed by atoms with Gasteiger partial charge in [0.05, 0.1) is 24.5 Å². The summed E-state index contributed by atoms with van der Waals surface area (Å²) in [7, 11) is 0. The van der Waals surface area contributed by atoms with E-state index in [9.17, 15) is 10.1 Å². The molecule has 1 amide bonds. The van der Waals surface area contributed by atoms with Crippen LogP contribution in [-0.2, 0) is 6.61 Å². The lowest BCUT2D eigenvalue weighted by Gasteiger charge is -2.14. The number of hydrazone groups is 1. The summed E-state index contributed by atoms with van der Waals surface area (Å²) >= 11 is 9.34. The number of nitrogens with one attached hydrogen (secondary N) is 1. The maximum Gasteiger partial charge on any atom is 0.271 e. The Morgan fingerprint density at radius 2 is 1.88 bits per heavy atom. The summed E-state index contributed by atoms with van der Waals surface area (Å²) in [5.41, 5.74) is 4.96. The quantitative estimate of drug-likeness (QED) is 0.309. The lowest BCUT2D eigenvalue weighted by molar-refractivity contribution is 0.0955. The zero-order valence-electron chi connectivity index (χ0n) is 17.1. The van der Waals surface area contributed by atoms with E-state index in [2.05, 4.69) is 32.5 Å². The van der Waals surface area contributed by atoms with Crippen molar-refractivity contribution in [2.45, 2.75) is 13.5 Å². The molecule has 0 bridgehead atoms. The number of carbonyl (C=O) groups is 1. The Kier molecular flexibility index (Phi) is 8.26. The van der Waals surface area contributed by atoms with E-state index in [1.54, 1.807) is 42.5 Å². The highest BCUT2D eigenvalue weighted by molar-refractivity contribution is 9.10. The van der Waals surface area contributed by atoms with Gasteiger partial charge in [0, 0.05) is 26.2 Å². The van der Waals surface area contributed by atoms with Crippen molar-refractivity contribution in [1.82, 2.24) is 5.43 Å². The molecule has 0 saturated heterocycles. The van der Waals surface area contributed by atoms with Crippen LogP contribution in [0.25, 0.3) is 0 Å². The van der Waals surface area contributed by atoms with E-state index in [-0.39, 0.29) is 12.5 Å². The second-order valence-electron chi connectivity index (χ2n) is 6.52. The zero-order valence-corrected chi connectivity index (χ0v) is 19.5. The molecule has 32 heavy (non-hydrogen) atoms. The number of carbonyl (C=O) groups excluding carboxylic acids is 1. The third-order valence-corrected chi connectivity index (χ3v) is 5.30. The fourth-order valence-corrected chi connectivity index (χ4v) is 3.32. The second kappa shape index (κ2) is 11.3. The van der Waals surface area contributed by atoms with Gasteiger partial charge in [-0.2, -0.15) is 10.4 Å². The highest BCUT2D eigenvalue weighted by Gasteiger charge is 2.12. The van der Waals surface area contributed by atoms with E-state index < -0.39 is 0 Å². The SMILES string of the molecule is CCOc1cc(/C=N\NC(=O)c2ccc(Cl)cc2)c(Br)cc1OCc1ccccc1C#N. The van der Waals surface area contributed by atoms with Gasteiger partial charge in [-0.05, 0) is 65.3 Å². The van der Waals surface area contributed by atoms with E-state index in [1.807, 2.05) is 25.1 Å². The largest absolute Gasteiger partial charge is 0.490 e. The molecule has 0 aromatic heterocycles. The minimum atomic E-state index is -0.352. The summed E-state index contributed by atoms with van der Waals surface area (Å²) < 4.78 is 12.3. The molecule has 0 unspecified atom stereocenters. The van der Waals surface area contributed by atoms with Crippen LogP contribution < -0.4 is 14.9 Å². The lowest BCUT2D eigenvalue weighted by atomic mass is 10.1. The minimum Gasteiger partial charge on any atom is -0.490 e. The lowest BCUT2D eigenvalue weighted by Crippen LogP contribution is -2.17. The summed E-state index contributed by atoms with van der Waals surface area (Å²) in [6.45, 7) is 2.54. The van der Waals surface area contributed by atoms with Crippen LogP contribution in [-0.4, -0.2) is 18.7 Å². The van der Waals surface area contributed by atoms with E-state index in [0.717, 1.165) is 5.56 Å². The van der Waals surface area contributed by atoms with Crippen LogP contribution in [0.2, 0.25) is 5.02 Å². The Bertz CT molecular complexity index is 1170. The first kappa shape index (κ1) is 23.3. The van der Waals surface area contributed by atoms with Gasteiger partial charge >= 0.3 is 0 Å². The van der Waals surface area contributed by atoms with E-state index >= 15 is 0 Å². The molecule has 0 aliphatic carbocycles. The molecule has 1 N–H and O–H groups in total. The van der Waals surface area contributed by atoms with Crippen molar-refractivity contribution in [3.05, 3.63) is 92.4 Å². The van der Waals surface area contributed by atoms with Crippen LogP contribution in [0.1, 0.15) is 34.0 Å². The number of nitrogens with zero attached hydrogens (tertiary/aromatic N) is 2. The highest BCUT2D eigenvalue weighted by atomic mass is 79.9. The highest BCUT2D eigenvalue weighted by Crippen LogP contribution is 2.34. The maximum atomic E-state index is 12.2. The molecule has 0 aliphatic rings. The molecule has 0 atom stereocenters. The number of nitriles is 1. The predicted octanol–water partition coefficient (Wildman–Crippen LogP) is 5.72. The van der Waals surface area contributed by atoms with Crippen molar-refractivity contribution in [3.8, 4) is 17.6 Å². The van der Waals surface area contributed by atoms with E-state index in [4.69, 9.17) is 21.1 Å². The Morgan fingerprint density at radius 1 is 1.16 bits per heavy atom. The minimum absolute atomic E-state index is 0.223. The summed E-state index contributed by atoms with van der Waals surface area (Å²) in [6.07, 6.45) is 1.51. The topological polar surface area (TPSA) is 83.7 Å². The molecular formula is C24H19BrClN3O3. The second-order valence-corrected chi connectivity index (χ2v) is 7.81. The molecule has 0 spiro atoms. The standard InChI is InChI=1S/C24H19BrClN3O3/c1-2-31-22-11-19(14-28-29-24(30)16-7-9-20(26)10-8-16)21(25)12-23(22)32-15-18-6-4-3-5-17(18)13-27/h3-12,14H,2,15H2,1H3,(H,29,30)/b28-14-. The maximum absolute atomic E-state index is 12.2. The fourth-order valence-electron chi connectivity index (χ4n) is 2.77. The average Bonchev–Trinajstić information content (AvgIpc) is 2.80. The van der Waals surface area contributed by atoms with Crippen LogP contribution in [0.4, 0.5) is 0 Å². The fraction of sp³-hybridized carbons (Fsp3) is 0.125. The molecule has 3 aromatic carbocycles. The van der Waals surface area contributed by atoms with Gasteiger partial charge in [-0.15, -0.1) is 0 Å². The molecule has 8 heteroatoms. The molecular weight excluding hydrogens is 494 g/mol. The average molecular weight is 513 g/mol. The zero-order chi connectivity index (χ0) is 22.9. The van der Waals surface area contributed by atoms with Crippen molar-refractivity contribution >= 4 is 39.7 Å². The van der Waals surface area contributed by atoms with Crippen molar-refractivity contribution in [3.63, 3.8) is 0 Å². The van der Waals surface area contributed by atoms with Gasteiger partial charge in [0.2, 0.25) is 0 Å². The number of halogens is 2. The Morgan fingerprint density at radius 3 is 2.59 bits per heavy atom. The smallest absolute Gasteiger partial charge is 0.271 e. The van der Waals surface area contributed by atoms with Gasteiger partial charge in [-0.1, -0.05) is 29.8 Å². The first-order valence-electron chi connectivity index (χ1n) is 9.68. The summed E-state index contributed by atoms with van der Waals surface area (Å²) in [5, 5.41) is 13.8. The summed E-state index contributed by atoms with van der Waals surface area (Å²) in [4.78, 5) is 12.2. The van der Waals surface area contributed by atoms with Gasteiger partial charge in [0.25, 0.3) is 5.91 Å². The number of ether oxygens (including phenoxy) is 2. The van der Waals surface area contributed by atoms with E-state index in [1.165, 1.54) is 6.21 Å². The number of rotatable bonds is 8. The predicted molar refractivity (Wildman–Crippen MR) is 127 cm³/mol. The number of benzene rings is 3. The van der Waals surface area contributed by atoms with Crippen LogP contribution >= 0.6 is 27.5 Å². The molecule has 0 radical (unpaired) electrons. The summed E-state index contributed by atoms with van der Waals surface area (Å²) in [6, 6.07) is 19.5. The van der Waals surface area contributed by atoms with Gasteiger partial charge in [0.1, 0.15) is 6.61 Å². The monoisotopic (exact) mass is 511 g/mol. The molecule has 3 aromatic rings. The molecule has 0 fully saturated rings. The van der Waals surface area contributed by atoms with Gasteiger partial charge < -0.3 is 9.47 Å². The van der Waals surface area contributed by atoms with E-state index in [0.29, 0.717) is 44.3 Å². The third kappa shape index (κ3) is 6.10. The first-order chi connectivity index (χ1) is 15.5. The number of amides is 1.